The van der Waals surface area contributed by atoms with Crippen LogP contribution in [0.3, 0.4) is 0 Å². The van der Waals surface area contributed by atoms with Gasteiger partial charge in [-0.15, -0.1) is 0 Å². The highest BCUT2D eigenvalue weighted by atomic mass is 35.5. The highest BCUT2D eigenvalue weighted by Gasteiger charge is 2.29. The van der Waals surface area contributed by atoms with Crippen molar-refractivity contribution in [2.75, 3.05) is 17.2 Å². The van der Waals surface area contributed by atoms with Crippen molar-refractivity contribution in [1.82, 2.24) is 0 Å². The van der Waals surface area contributed by atoms with Crippen molar-refractivity contribution in [3.05, 3.63) is 52.5 Å². The highest BCUT2D eigenvalue weighted by molar-refractivity contribution is 6.31. The van der Waals surface area contributed by atoms with E-state index in [-0.39, 0.29) is 24.3 Å². The summed E-state index contributed by atoms with van der Waals surface area (Å²) in [4.78, 5) is 24.1. The number of carbonyl (C=O) groups excluding carboxylic acids is 2. The first-order valence-corrected chi connectivity index (χ1v) is 8.90. The number of halogens is 1. The van der Waals surface area contributed by atoms with Gasteiger partial charge in [0.15, 0.2) is 6.61 Å². The normalized spacial score (nSPS) is 13.2. The average Bonchev–Trinajstić information content (AvgIpc) is 3.44. The smallest absolute Gasteiger partial charge is 0.262 e. The number of ether oxygens (including phenoxy) is 1. The lowest BCUT2D eigenvalue weighted by Gasteiger charge is -2.12. The molecule has 6 heteroatoms. The lowest BCUT2D eigenvalue weighted by molar-refractivity contribution is -0.118. The quantitative estimate of drug-likeness (QED) is 0.793. The Balaban J connectivity index is 1.58. The van der Waals surface area contributed by atoms with Gasteiger partial charge in [-0.1, -0.05) is 17.7 Å². The number of benzene rings is 2. The molecule has 0 radical (unpaired) electrons. The molecule has 2 aromatic rings. The van der Waals surface area contributed by atoms with Crippen molar-refractivity contribution in [3.63, 3.8) is 0 Å². The van der Waals surface area contributed by atoms with Crippen LogP contribution < -0.4 is 15.4 Å². The van der Waals surface area contributed by atoms with Gasteiger partial charge in [0.1, 0.15) is 5.75 Å². The Kier molecular flexibility index (Phi) is 5.47. The van der Waals surface area contributed by atoms with E-state index in [1.165, 1.54) is 0 Å². The second-order valence-electron chi connectivity index (χ2n) is 6.54. The third kappa shape index (κ3) is 4.76. The Bertz CT molecular complexity index is 847. The molecule has 2 N–H and O–H groups in total. The summed E-state index contributed by atoms with van der Waals surface area (Å²) in [5.74, 6) is 0.478. The van der Waals surface area contributed by atoms with Crippen LogP contribution in [0.15, 0.2) is 36.4 Å². The summed E-state index contributed by atoms with van der Waals surface area (Å²) in [6.45, 7) is 3.68. The van der Waals surface area contributed by atoms with E-state index in [1.54, 1.807) is 30.3 Å². The monoisotopic (exact) mass is 372 g/mol. The molecule has 0 aliphatic heterocycles. The molecule has 2 amide bonds. The summed E-state index contributed by atoms with van der Waals surface area (Å²) in [5, 5.41) is 6.36. The number of amides is 2. The van der Waals surface area contributed by atoms with Crippen molar-refractivity contribution >= 4 is 34.8 Å². The molecular weight excluding hydrogens is 352 g/mol. The van der Waals surface area contributed by atoms with E-state index in [1.807, 2.05) is 19.9 Å². The second kappa shape index (κ2) is 7.79. The number of anilines is 2. The molecule has 0 bridgehead atoms. The molecule has 0 saturated heterocycles. The van der Waals surface area contributed by atoms with Gasteiger partial charge in [0, 0.05) is 22.3 Å². The van der Waals surface area contributed by atoms with Gasteiger partial charge in [0.05, 0.1) is 0 Å². The molecule has 1 aliphatic rings. The van der Waals surface area contributed by atoms with Crippen LogP contribution in [0.5, 0.6) is 5.75 Å². The maximum Gasteiger partial charge on any atom is 0.262 e. The molecule has 1 saturated carbocycles. The molecule has 1 fully saturated rings. The van der Waals surface area contributed by atoms with Crippen LogP contribution in [0.2, 0.25) is 5.02 Å². The molecule has 1 aliphatic carbocycles. The zero-order chi connectivity index (χ0) is 18.7. The van der Waals surface area contributed by atoms with Gasteiger partial charge in [-0.25, -0.2) is 0 Å². The first-order chi connectivity index (χ1) is 12.4. The molecule has 0 aromatic heterocycles. The third-order valence-electron chi connectivity index (χ3n) is 4.23. The Labute approximate surface area is 157 Å². The highest BCUT2D eigenvalue weighted by Crippen LogP contribution is 2.31. The van der Waals surface area contributed by atoms with E-state index in [4.69, 9.17) is 16.3 Å². The van der Waals surface area contributed by atoms with Gasteiger partial charge in [-0.3, -0.25) is 9.59 Å². The summed E-state index contributed by atoms with van der Waals surface area (Å²) < 4.78 is 5.49. The van der Waals surface area contributed by atoms with Crippen LogP contribution in [0.1, 0.15) is 24.0 Å². The summed E-state index contributed by atoms with van der Waals surface area (Å²) in [5.41, 5.74) is 3.17. The summed E-state index contributed by atoms with van der Waals surface area (Å²) in [6, 6.07) is 10.7. The molecule has 26 heavy (non-hydrogen) atoms. The topological polar surface area (TPSA) is 67.4 Å². The first kappa shape index (κ1) is 18.3. The lowest BCUT2D eigenvalue weighted by Crippen LogP contribution is -2.20. The predicted octanol–water partition coefficient (Wildman–Crippen LogP) is 4.32. The number of rotatable bonds is 6. The number of carbonyl (C=O) groups is 2. The molecule has 0 spiro atoms. The van der Waals surface area contributed by atoms with Crippen LogP contribution in [-0.4, -0.2) is 18.4 Å². The number of hydrogen-bond acceptors (Lipinski definition) is 3. The van der Waals surface area contributed by atoms with Gasteiger partial charge in [0.2, 0.25) is 5.91 Å². The molecule has 5 nitrogen and oxygen atoms in total. The number of aryl methyl sites for hydroxylation is 2. The lowest BCUT2D eigenvalue weighted by atomic mass is 10.1. The predicted molar refractivity (Wildman–Crippen MR) is 103 cm³/mol. The summed E-state index contributed by atoms with van der Waals surface area (Å²) in [6.07, 6.45) is 1.89. The third-order valence-corrected chi connectivity index (χ3v) is 4.65. The van der Waals surface area contributed by atoms with Crippen LogP contribution in [-0.2, 0) is 9.59 Å². The second-order valence-corrected chi connectivity index (χ2v) is 6.95. The van der Waals surface area contributed by atoms with E-state index < -0.39 is 0 Å². The summed E-state index contributed by atoms with van der Waals surface area (Å²) >= 11 is 5.97. The maximum atomic E-state index is 12.1. The van der Waals surface area contributed by atoms with Crippen LogP contribution in [0.4, 0.5) is 11.4 Å². The minimum Gasteiger partial charge on any atom is -0.484 e. The first-order valence-electron chi connectivity index (χ1n) is 8.52. The molecule has 2 aromatic carbocycles. The zero-order valence-electron chi connectivity index (χ0n) is 14.8. The maximum absolute atomic E-state index is 12.1. The number of nitrogens with one attached hydrogen (secondary N) is 2. The SMILES string of the molecule is Cc1cc(OCC(=O)Nc2ccc(C)c(NC(=O)C3CC3)c2)ccc1Cl. The Morgan fingerprint density at radius 1 is 1.08 bits per heavy atom. The van der Waals surface area contributed by atoms with E-state index in [0.717, 1.165) is 24.0 Å². The van der Waals surface area contributed by atoms with Gasteiger partial charge in [0.25, 0.3) is 5.91 Å². The van der Waals surface area contributed by atoms with E-state index in [0.29, 0.717) is 22.1 Å². The summed E-state index contributed by atoms with van der Waals surface area (Å²) in [7, 11) is 0. The van der Waals surface area contributed by atoms with Gasteiger partial charge in [-0.2, -0.15) is 0 Å². The van der Waals surface area contributed by atoms with E-state index >= 15 is 0 Å². The number of hydrogen-bond donors (Lipinski definition) is 2. The fourth-order valence-corrected chi connectivity index (χ4v) is 2.59. The fourth-order valence-electron chi connectivity index (χ4n) is 2.47. The Morgan fingerprint density at radius 2 is 1.85 bits per heavy atom. The largest absolute Gasteiger partial charge is 0.484 e. The minimum absolute atomic E-state index is 0.0398. The van der Waals surface area contributed by atoms with Crippen LogP contribution in [0.25, 0.3) is 0 Å². The van der Waals surface area contributed by atoms with Crippen molar-refractivity contribution in [2.45, 2.75) is 26.7 Å². The minimum atomic E-state index is -0.277. The zero-order valence-corrected chi connectivity index (χ0v) is 15.5. The molecule has 3 rings (SSSR count). The Morgan fingerprint density at radius 3 is 2.54 bits per heavy atom. The van der Waals surface area contributed by atoms with Crippen LogP contribution in [0, 0.1) is 19.8 Å². The molecule has 0 atom stereocenters. The molecule has 136 valence electrons. The molecule has 0 unspecified atom stereocenters. The van der Waals surface area contributed by atoms with Crippen LogP contribution >= 0.6 is 11.6 Å². The van der Waals surface area contributed by atoms with Crippen molar-refractivity contribution in [2.24, 2.45) is 5.92 Å². The standard InChI is InChI=1S/C20H21ClN2O3/c1-12-3-6-15(10-18(12)23-20(25)14-4-5-14)22-19(24)11-26-16-7-8-17(21)13(2)9-16/h3,6-10,14H,4-5,11H2,1-2H3,(H,22,24)(H,23,25). The van der Waals surface area contributed by atoms with Gasteiger partial charge < -0.3 is 15.4 Å². The fraction of sp³-hybridized carbons (Fsp3) is 0.300. The molecular formula is C20H21ClN2O3. The van der Waals surface area contributed by atoms with Gasteiger partial charge in [-0.05, 0) is 68.1 Å². The van der Waals surface area contributed by atoms with Gasteiger partial charge >= 0.3 is 0 Å². The average molecular weight is 373 g/mol. The van der Waals surface area contributed by atoms with Crippen molar-refractivity contribution in [3.8, 4) is 5.75 Å². The van der Waals surface area contributed by atoms with Crippen molar-refractivity contribution < 1.29 is 14.3 Å². The molecule has 0 heterocycles. The Hall–Kier alpha value is -2.53. The van der Waals surface area contributed by atoms with E-state index in [2.05, 4.69) is 10.6 Å². The van der Waals surface area contributed by atoms with Crippen molar-refractivity contribution in [1.29, 1.82) is 0 Å². The van der Waals surface area contributed by atoms with E-state index in [9.17, 15) is 9.59 Å².